The molecule has 1 aliphatic rings. The van der Waals surface area contributed by atoms with E-state index in [4.69, 9.17) is 5.11 Å². The van der Waals surface area contributed by atoms with E-state index < -0.39 is 0 Å². The number of likely N-dealkylation sites (N-methyl/N-ethyl adjacent to an activating group) is 1. The van der Waals surface area contributed by atoms with Gasteiger partial charge in [0.15, 0.2) is 5.65 Å². The second kappa shape index (κ2) is 5.78. The van der Waals surface area contributed by atoms with Crippen molar-refractivity contribution >= 4 is 33.1 Å². The van der Waals surface area contributed by atoms with Crippen molar-refractivity contribution in [3.05, 3.63) is 22.6 Å². The maximum atomic E-state index is 12.4. The summed E-state index contributed by atoms with van der Waals surface area (Å²) in [5.74, 6) is 0.324. The molecule has 4 rings (SSSR count). The molecule has 8 heteroatoms. The van der Waals surface area contributed by atoms with Gasteiger partial charge >= 0.3 is 0 Å². The van der Waals surface area contributed by atoms with Crippen LogP contribution in [0.1, 0.15) is 46.7 Å². The molecule has 3 aromatic rings. The van der Waals surface area contributed by atoms with Crippen LogP contribution in [0.5, 0.6) is 0 Å². The highest BCUT2D eigenvalue weighted by molar-refractivity contribution is 7.19. The van der Waals surface area contributed by atoms with E-state index in [0.717, 1.165) is 16.6 Å². The first-order chi connectivity index (χ1) is 11.6. The van der Waals surface area contributed by atoms with E-state index in [9.17, 15) is 4.79 Å². The zero-order valence-corrected chi connectivity index (χ0v) is 14.5. The first kappa shape index (κ1) is 15.5. The van der Waals surface area contributed by atoms with Crippen molar-refractivity contribution in [1.29, 1.82) is 0 Å². The lowest BCUT2D eigenvalue weighted by Crippen LogP contribution is -2.30. The van der Waals surface area contributed by atoms with Gasteiger partial charge in [0, 0.05) is 18.5 Å². The number of amides is 1. The Morgan fingerprint density at radius 1 is 1.54 bits per heavy atom. The summed E-state index contributed by atoms with van der Waals surface area (Å²) in [5.41, 5.74) is 2.03. The Bertz CT molecular complexity index is 931. The highest BCUT2D eigenvalue weighted by Crippen LogP contribution is 2.42. The van der Waals surface area contributed by atoms with Crippen LogP contribution in [0.25, 0.3) is 15.9 Å². The fourth-order valence-electron chi connectivity index (χ4n) is 3.40. The normalized spacial score (nSPS) is 17.4. The molecule has 7 nitrogen and oxygen atoms in total. The number of aromatic nitrogens is 4. The molecule has 3 heterocycles. The Morgan fingerprint density at radius 3 is 3.17 bits per heavy atom. The fraction of sp³-hybridized carbons (Fsp3) is 0.500. The molecule has 0 bridgehead atoms. The molecule has 0 aliphatic heterocycles. The summed E-state index contributed by atoms with van der Waals surface area (Å²) in [6, 6.07) is 0. The molecule has 0 aromatic carbocycles. The van der Waals surface area contributed by atoms with E-state index in [1.165, 1.54) is 28.2 Å². The lowest BCUT2D eigenvalue weighted by molar-refractivity contribution is 0.0755. The Labute approximate surface area is 142 Å². The summed E-state index contributed by atoms with van der Waals surface area (Å²) in [5, 5.41) is 14.3. The molecule has 0 fully saturated rings. The minimum Gasteiger partial charge on any atom is -0.395 e. The van der Waals surface area contributed by atoms with Gasteiger partial charge in [0.2, 0.25) is 5.82 Å². The van der Waals surface area contributed by atoms with Crippen molar-refractivity contribution in [3.63, 3.8) is 0 Å². The molecular formula is C16H19N5O2S. The predicted molar refractivity (Wildman–Crippen MR) is 91.6 cm³/mol. The zero-order chi connectivity index (χ0) is 16.8. The van der Waals surface area contributed by atoms with Crippen LogP contribution in [0.3, 0.4) is 0 Å². The first-order valence-electron chi connectivity index (χ1n) is 8.13. The Hall–Kier alpha value is -2.06. The maximum absolute atomic E-state index is 12.4. The van der Waals surface area contributed by atoms with Crippen molar-refractivity contribution in [1.82, 2.24) is 24.5 Å². The minimum absolute atomic E-state index is 0.0863. The number of thiophene rings is 1. The molecule has 3 aromatic heterocycles. The summed E-state index contributed by atoms with van der Waals surface area (Å²) in [4.78, 5) is 25.2. The summed E-state index contributed by atoms with van der Waals surface area (Å²) in [6.07, 6.45) is 5.09. The second-order valence-electron chi connectivity index (χ2n) is 6.31. The molecular weight excluding hydrogens is 326 g/mol. The van der Waals surface area contributed by atoms with Crippen molar-refractivity contribution in [2.45, 2.75) is 32.1 Å². The third-order valence-electron chi connectivity index (χ3n) is 4.65. The molecule has 1 atom stereocenters. The Morgan fingerprint density at radius 2 is 2.38 bits per heavy atom. The van der Waals surface area contributed by atoms with Crippen LogP contribution in [-0.2, 0) is 6.42 Å². The van der Waals surface area contributed by atoms with E-state index >= 15 is 0 Å². The zero-order valence-electron chi connectivity index (χ0n) is 13.7. The third kappa shape index (κ3) is 2.29. The second-order valence-corrected chi connectivity index (χ2v) is 7.39. The smallest absolute Gasteiger partial charge is 0.293 e. The molecule has 0 radical (unpaired) electrons. The van der Waals surface area contributed by atoms with Crippen molar-refractivity contribution in [2.24, 2.45) is 0 Å². The SMILES string of the molecule is CC1CCCc2sc3ncn4nc(C(=O)N(C)CCO)nc4c3c21. The lowest BCUT2D eigenvalue weighted by Gasteiger charge is -2.18. The van der Waals surface area contributed by atoms with Crippen LogP contribution >= 0.6 is 11.3 Å². The van der Waals surface area contributed by atoms with Gasteiger partial charge in [-0.25, -0.2) is 14.5 Å². The first-order valence-corrected chi connectivity index (χ1v) is 8.94. The van der Waals surface area contributed by atoms with Crippen LogP contribution < -0.4 is 0 Å². The molecule has 0 spiro atoms. The van der Waals surface area contributed by atoms with E-state index in [1.54, 1.807) is 29.2 Å². The molecule has 126 valence electrons. The van der Waals surface area contributed by atoms with E-state index in [-0.39, 0.29) is 24.9 Å². The van der Waals surface area contributed by atoms with Crippen molar-refractivity contribution in [3.8, 4) is 0 Å². The van der Waals surface area contributed by atoms with Crippen LogP contribution in [-0.4, -0.2) is 55.7 Å². The lowest BCUT2D eigenvalue weighted by atomic mass is 9.87. The van der Waals surface area contributed by atoms with Gasteiger partial charge in [-0.2, -0.15) is 0 Å². The highest BCUT2D eigenvalue weighted by Gasteiger charge is 2.26. The number of fused-ring (bicyclic) bond motifs is 5. The van der Waals surface area contributed by atoms with Crippen LogP contribution in [0.2, 0.25) is 0 Å². The third-order valence-corrected chi connectivity index (χ3v) is 5.82. The van der Waals surface area contributed by atoms with E-state index in [2.05, 4.69) is 22.0 Å². The topological polar surface area (TPSA) is 83.6 Å². The number of rotatable bonds is 3. The largest absolute Gasteiger partial charge is 0.395 e. The van der Waals surface area contributed by atoms with Crippen LogP contribution in [0.15, 0.2) is 6.33 Å². The standard InChI is InChI=1S/C16H19N5O2S/c1-9-4-3-5-10-11(9)12-14-18-13(16(23)20(2)6-7-22)19-21(14)8-17-15(12)24-10/h8-9,22H,3-7H2,1-2H3. The summed E-state index contributed by atoms with van der Waals surface area (Å²) < 4.78 is 1.59. The Kier molecular flexibility index (Phi) is 3.73. The summed E-state index contributed by atoms with van der Waals surface area (Å²) in [6.45, 7) is 2.41. The average Bonchev–Trinajstić information content (AvgIpc) is 3.15. The number of hydrogen-bond donors (Lipinski definition) is 1. The molecule has 0 saturated heterocycles. The monoisotopic (exact) mass is 345 g/mol. The van der Waals surface area contributed by atoms with Gasteiger partial charge in [-0.3, -0.25) is 4.79 Å². The molecule has 0 saturated carbocycles. The number of aliphatic hydroxyl groups excluding tert-OH is 1. The van der Waals surface area contributed by atoms with Gasteiger partial charge in [0.05, 0.1) is 12.0 Å². The maximum Gasteiger partial charge on any atom is 0.293 e. The number of aliphatic hydroxyl groups is 1. The Balaban J connectivity index is 1.89. The van der Waals surface area contributed by atoms with Gasteiger partial charge < -0.3 is 10.0 Å². The van der Waals surface area contributed by atoms with Gasteiger partial charge in [-0.1, -0.05) is 6.92 Å². The number of carbonyl (C=O) groups is 1. The van der Waals surface area contributed by atoms with Gasteiger partial charge in [0.1, 0.15) is 11.2 Å². The molecule has 1 unspecified atom stereocenters. The fourth-order valence-corrected chi connectivity index (χ4v) is 4.69. The number of hydrogen-bond acceptors (Lipinski definition) is 6. The molecule has 1 N–H and O–H groups in total. The van der Waals surface area contributed by atoms with Gasteiger partial charge in [0.25, 0.3) is 5.91 Å². The van der Waals surface area contributed by atoms with Crippen LogP contribution in [0, 0.1) is 0 Å². The summed E-state index contributed by atoms with van der Waals surface area (Å²) in [7, 11) is 1.63. The summed E-state index contributed by atoms with van der Waals surface area (Å²) >= 11 is 1.73. The molecule has 1 amide bonds. The van der Waals surface area contributed by atoms with Gasteiger partial charge in [-0.15, -0.1) is 16.4 Å². The van der Waals surface area contributed by atoms with E-state index in [0.29, 0.717) is 11.6 Å². The van der Waals surface area contributed by atoms with E-state index in [1.807, 2.05) is 0 Å². The predicted octanol–water partition coefficient (Wildman–Crippen LogP) is 1.84. The molecule has 1 aliphatic carbocycles. The molecule has 24 heavy (non-hydrogen) atoms. The van der Waals surface area contributed by atoms with Crippen LogP contribution in [0.4, 0.5) is 0 Å². The van der Waals surface area contributed by atoms with Crippen molar-refractivity contribution < 1.29 is 9.90 Å². The number of carbonyl (C=O) groups excluding carboxylic acids is 1. The number of aryl methyl sites for hydroxylation is 1. The minimum atomic E-state index is -0.293. The quantitative estimate of drug-likeness (QED) is 0.783. The number of nitrogens with zero attached hydrogens (tertiary/aromatic N) is 5. The highest BCUT2D eigenvalue weighted by atomic mass is 32.1. The van der Waals surface area contributed by atoms with Gasteiger partial charge in [-0.05, 0) is 30.7 Å². The van der Waals surface area contributed by atoms with Crippen molar-refractivity contribution in [2.75, 3.05) is 20.2 Å². The average molecular weight is 345 g/mol.